The van der Waals surface area contributed by atoms with E-state index in [1.165, 1.54) is 30.3 Å². The minimum Gasteiger partial charge on any atom is -0.439 e. The highest BCUT2D eigenvalue weighted by atomic mass is 19.4. The molecule has 0 atom stereocenters. The van der Waals surface area contributed by atoms with Crippen molar-refractivity contribution in [1.29, 1.82) is 0 Å². The third kappa shape index (κ3) is 4.79. The summed E-state index contributed by atoms with van der Waals surface area (Å²) in [5.74, 6) is -0.292. The van der Waals surface area contributed by atoms with Crippen LogP contribution in [0, 0.1) is 0 Å². The number of ether oxygens (including phenoxy) is 1. The van der Waals surface area contributed by atoms with Crippen molar-refractivity contribution in [3.63, 3.8) is 0 Å². The van der Waals surface area contributed by atoms with Crippen molar-refractivity contribution in [3.8, 4) is 11.6 Å². The second-order valence-corrected chi connectivity index (χ2v) is 5.54. The van der Waals surface area contributed by atoms with Crippen molar-refractivity contribution in [2.24, 2.45) is 5.73 Å². The molecule has 2 aromatic heterocycles. The molecule has 0 aliphatic carbocycles. The van der Waals surface area contributed by atoms with Gasteiger partial charge in [0.05, 0.1) is 6.54 Å². The lowest BCUT2D eigenvalue weighted by Crippen LogP contribution is -2.23. The normalized spacial score (nSPS) is 11.3. The topological polar surface area (TPSA) is 132 Å². The van der Waals surface area contributed by atoms with Gasteiger partial charge in [-0.3, -0.25) is 4.79 Å². The number of hydrogen-bond acceptors (Lipinski definition) is 7. The summed E-state index contributed by atoms with van der Waals surface area (Å²) in [6.07, 6.45) is -4.64. The fraction of sp³-hybridized carbons (Fsp3) is 0.188. The van der Waals surface area contributed by atoms with Gasteiger partial charge in [-0.2, -0.15) is 18.4 Å². The Morgan fingerprint density at radius 1 is 1.25 bits per heavy atom. The number of aromatic nitrogens is 5. The molecule has 0 bridgehead atoms. The van der Waals surface area contributed by atoms with Crippen LogP contribution in [0.3, 0.4) is 0 Å². The zero-order chi connectivity index (χ0) is 20.1. The molecule has 1 amide bonds. The average molecular weight is 393 g/mol. The summed E-state index contributed by atoms with van der Waals surface area (Å²) in [7, 11) is 0. The number of halogens is 3. The van der Waals surface area contributed by atoms with Crippen LogP contribution in [0.1, 0.15) is 27.4 Å². The SMILES string of the molecule is NCc1cc(Oc2cccc(C(=O)NCc3nn[nH]n3)c2)nc(C(F)(F)F)c1. The van der Waals surface area contributed by atoms with Gasteiger partial charge in [-0.05, 0) is 29.8 Å². The van der Waals surface area contributed by atoms with Crippen molar-refractivity contribution >= 4 is 5.91 Å². The molecule has 28 heavy (non-hydrogen) atoms. The third-order valence-corrected chi connectivity index (χ3v) is 3.50. The zero-order valence-electron chi connectivity index (χ0n) is 14.2. The fourth-order valence-corrected chi connectivity index (χ4v) is 2.21. The Morgan fingerprint density at radius 3 is 2.75 bits per heavy atom. The summed E-state index contributed by atoms with van der Waals surface area (Å²) < 4.78 is 44.3. The van der Waals surface area contributed by atoms with E-state index in [4.69, 9.17) is 10.5 Å². The quantitative estimate of drug-likeness (QED) is 0.582. The molecule has 146 valence electrons. The maximum absolute atomic E-state index is 13.0. The Hall–Kier alpha value is -3.54. The number of carbonyl (C=O) groups excluding carboxylic acids is 1. The molecule has 2 heterocycles. The minimum atomic E-state index is -4.64. The molecule has 0 fully saturated rings. The van der Waals surface area contributed by atoms with E-state index in [-0.39, 0.29) is 35.8 Å². The number of tetrazole rings is 1. The predicted octanol–water partition coefficient (Wildman–Crippen LogP) is 1.79. The second-order valence-electron chi connectivity index (χ2n) is 5.54. The van der Waals surface area contributed by atoms with E-state index in [0.717, 1.165) is 6.07 Å². The number of nitrogens with one attached hydrogen (secondary N) is 2. The molecular formula is C16H14F3N7O2. The molecule has 0 aliphatic heterocycles. The van der Waals surface area contributed by atoms with Crippen LogP contribution in [-0.4, -0.2) is 31.5 Å². The molecule has 9 nitrogen and oxygen atoms in total. The van der Waals surface area contributed by atoms with Crippen LogP contribution in [-0.2, 0) is 19.3 Å². The van der Waals surface area contributed by atoms with Gasteiger partial charge >= 0.3 is 6.18 Å². The van der Waals surface area contributed by atoms with Gasteiger partial charge in [0.1, 0.15) is 11.4 Å². The van der Waals surface area contributed by atoms with Crippen molar-refractivity contribution in [2.45, 2.75) is 19.3 Å². The first kappa shape index (κ1) is 19.2. The van der Waals surface area contributed by atoms with Gasteiger partial charge < -0.3 is 15.8 Å². The molecule has 0 radical (unpaired) electrons. The summed E-state index contributed by atoms with van der Waals surface area (Å²) in [5.41, 5.74) is 4.77. The first-order chi connectivity index (χ1) is 13.3. The van der Waals surface area contributed by atoms with Crippen LogP contribution in [0.15, 0.2) is 36.4 Å². The molecule has 0 saturated heterocycles. The van der Waals surface area contributed by atoms with Gasteiger partial charge in [-0.15, -0.1) is 10.2 Å². The fourth-order valence-electron chi connectivity index (χ4n) is 2.21. The molecule has 0 aliphatic rings. The molecular weight excluding hydrogens is 379 g/mol. The Morgan fingerprint density at radius 2 is 2.07 bits per heavy atom. The number of rotatable bonds is 6. The summed E-state index contributed by atoms with van der Waals surface area (Å²) >= 11 is 0. The predicted molar refractivity (Wildman–Crippen MR) is 89.0 cm³/mol. The van der Waals surface area contributed by atoms with Gasteiger partial charge in [-0.25, -0.2) is 4.98 Å². The van der Waals surface area contributed by atoms with Crippen LogP contribution >= 0.6 is 0 Å². The maximum Gasteiger partial charge on any atom is 0.433 e. The number of carbonyl (C=O) groups is 1. The van der Waals surface area contributed by atoms with Gasteiger partial charge in [0.15, 0.2) is 5.82 Å². The smallest absolute Gasteiger partial charge is 0.433 e. The lowest BCUT2D eigenvalue weighted by Gasteiger charge is -2.12. The molecule has 0 unspecified atom stereocenters. The van der Waals surface area contributed by atoms with E-state index < -0.39 is 17.8 Å². The molecule has 12 heteroatoms. The van der Waals surface area contributed by atoms with E-state index in [1.807, 2.05) is 0 Å². The summed E-state index contributed by atoms with van der Waals surface area (Å²) in [6, 6.07) is 8.06. The van der Waals surface area contributed by atoms with Gasteiger partial charge in [0.25, 0.3) is 5.91 Å². The lowest BCUT2D eigenvalue weighted by molar-refractivity contribution is -0.141. The highest BCUT2D eigenvalue weighted by Crippen LogP contribution is 2.31. The van der Waals surface area contributed by atoms with Crippen molar-refractivity contribution in [2.75, 3.05) is 0 Å². The Bertz CT molecular complexity index is 961. The van der Waals surface area contributed by atoms with E-state index in [1.54, 1.807) is 0 Å². The maximum atomic E-state index is 13.0. The molecule has 3 rings (SSSR count). The van der Waals surface area contributed by atoms with Crippen molar-refractivity contribution in [1.82, 2.24) is 30.9 Å². The number of alkyl halides is 3. The highest BCUT2D eigenvalue weighted by molar-refractivity contribution is 5.94. The molecule has 3 aromatic rings. The van der Waals surface area contributed by atoms with Crippen LogP contribution < -0.4 is 15.8 Å². The molecule has 0 saturated carbocycles. The number of benzene rings is 1. The van der Waals surface area contributed by atoms with Gasteiger partial charge in [0.2, 0.25) is 5.88 Å². The van der Waals surface area contributed by atoms with E-state index in [0.29, 0.717) is 5.82 Å². The molecule has 4 N–H and O–H groups in total. The second kappa shape index (κ2) is 8.00. The average Bonchev–Trinajstić information content (AvgIpc) is 3.19. The Labute approximate surface area is 156 Å². The molecule has 1 aromatic carbocycles. The van der Waals surface area contributed by atoms with Crippen LogP contribution in [0.4, 0.5) is 13.2 Å². The van der Waals surface area contributed by atoms with E-state index >= 15 is 0 Å². The summed E-state index contributed by atoms with van der Waals surface area (Å²) in [5, 5.41) is 15.6. The largest absolute Gasteiger partial charge is 0.439 e. The van der Waals surface area contributed by atoms with Crippen LogP contribution in [0.25, 0.3) is 0 Å². The molecule has 0 spiro atoms. The Balaban J connectivity index is 1.76. The first-order valence-corrected chi connectivity index (χ1v) is 7.92. The third-order valence-electron chi connectivity index (χ3n) is 3.50. The van der Waals surface area contributed by atoms with E-state index in [2.05, 4.69) is 30.9 Å². The van der Waals surface area contributed by atoms with Gasteiger partial charge in [-0.1, -0.05) is 11.3 Å². The van der Waals surface area contributed by atoms with E-state index in [9.17, 15) is 18.0 Å². The summed E-state index contributed by atoms with van der Waals surface area (Å²) in [4.78, 5) is 15.7. The number of amides is 1. The zero-order valence-corrected chi connectivity index (χ0v) is 14.2. The van der Waals surface area contributed by atoms with Crippen LogP contribution in [0.5, 0.6) is 11.6 Å². The first-order valence-electron chi connectivity index (χ1n) is 7.92. The minimum absolute atomic E-state index is 0.0511. The Kier molecular flexibility index (Phi) is 5.49. The van der Waals surface area contributed by atoms with Crippen molar-refractivity contribution < 1.29 is 22.7 Å². The monoisotopic (exact) mass is 393 g/mol. The number of nitrogens with two attached hydrogens (primary N) is 1. The number of pyridine rings is 1. The number of H-pyrrole nitrogens is 1. The highest BCUT2D eigenvalue weighted by Gasteiger charge is 2.33. The number of nitrogens with zero attached hydrogens (tertiary/aromatic N) is 4. The summed E-state index contributed by atoms with van der Waals surface area (Å²) in [6.45, 7) is -0.0596. The number of hydrogen-bond donors (Lipinski definition) is 3. The number of aromatic amines is 1. The van der Waals surface area contributed by atoms with Gasteiger partial charge in [0, 0.05) is 18.2 Å². The van der Waals surface area contributed by atoms with Crippen LogP contribution in [0.2, 0.25) is 0 Å². The lowest BCUT2D eigenvalue weighted by atomic mass is 10.2. The standard InChI is InChI=1S/C16H14F3N7O2/c17-16(18,19)12-4-9(7-20)5-14(22-12)28-11-3-1-2-10(6-11)15(27)21-8-13-23-25-26-24-13/h1-6H,7-8,20H2,(H,21,27)(H,23,24,25,26). The van der Waals surface area contributed by atoms with Crippen molar-refractivity contribution in [3.05, 3.63) is 59.0 Å².